The lowest BCUT2D eigenvalue weighted by molar-refractivity contribution is 0.298. The van der Waals surface area contributed by atoms with Crippen molar-refractivity contribution in [2.24, 2.45) is 9.98 Å². The van der Waals surface area contributed by atoms with Gasteiger partial charge >= 0.3 is 0 Å². The summed E-state index contributed by atoms with van der Waals surface area (Å²) in [6.45, 7) is 1.93. The normalized spacial score (nSPS) is 32.8. The van der Waals surface area contributed by atoms with Crippen LogP contribution in [0.2, 0.25) is 0 Å². The summed E-state index contributed by atoms with van der Waals surface area (Å²) in [5, 5.41) is 0. The second kappa shape index (κ2) is 4.13. The molecule has 0 radical (unpaired) electrons. The number of isocyanates is 2. The first-order valence-corrected chi connectivity index (χ1v) is 4.36. The smallest absolute Gasteiger partial charge is 0.211 e. The van der Waals surface area contributed by atoms with Crippen molar-refractivity contribution in [2.75, 3.05) is 0 Å². The highest BCUT2D eigenvalue weighted by atomic mass is 16.1. The van der Waals surface area contributed by atoms with Crippen LogP contribution >= 0.6 is 0 Å². The standard InChI is InChI=1S/C9H12N2O2/c1-9(11-7-13)4-2-8(3-5-9)10-6-12/h8H,2-5H2,1H3. The Labute approximate surface area is 76.8 Å². The van der Waals surface area contributed by atoms with Gasteiger partial charge in [0, 0.05) is 0 Å². The lowest BCUT2D eigenvalue weighted by Gasteiger charge is -2.30. The molecule has 0 N–H and O–H groups in total. The first-order chi connectivity index (χ1) is 6.20. The molecule has 0 bridgehead atoms. The SMILES string of the molecule is CC1(N=C=O)CCC(N=C=O)CC1. The van der Waals surface area contributed by atoms with Gasteiger partial charge in [-0.2, -0.15) is 4.99 Å². The molecule has 0 aromatic rings. The van der Waals surface area contributed by atoms with E-state index in [1.807, 2.05) is 6.92 Å². The van der Waals surface area contributed by atoms with E-state index in [-0.39, 0.29) is 11.6 Å². The Balaban J connectivity index is 2.55. The third kappa shape index (κ3) is 2.62. The van der Waals surface area contributed by atoms with Crippen molar-refractivity contribution in [3.05, 3.63) is 0 Å². The second-order valence-electron chi connectivity index (χ2n) is 3.65. The van der Waals surface area contributed by atoms with Gasteiger partial charge in [0.2, 0.25) is 12.2 Å². The molecule has 0 atom stereocenters. The van der Waals surface area contributed by atoms with Crippen molar-refractivity contribution >= 4 is 12.2 Å². The molecular weight excluding hydrogens is 168 g/mol. The van der Waals surface area contributed by atoms with Crippen LogP contribution in [0.4, 0.5) is 0 Å². The van der Waals surface area contributed by atoms with Crippen molar-refractivity contribution in [1.82, 2.24) is 0 Å². The zero-order valence-corrected chi connectivity index (χ0v) is 7.62. The monoisotopic (exact) mass is 180 g/mol. The predicted molar refractivity (Wildman–Crippen MR) is 46.9 cm³/mol. The maximum absolute atomic E-state index is 10.1. The molecule has 0 heterocycles. The fraction of sp³-hybridized carbons (Fsp3) is 0.778. The van der Waals surface area contributed by atoms with Crippen LogP contribution < -0.4 is 0 Å². The van der Waals surface area contributed by atoms with E-state index in [0.717, 1.165) is 25.7 Å². The van der Waals surface area contributed by atoms with E-state index in [4.69, 9.17) is 0 Å². The van der Waals surface area contributed by atoms with Crippen LogP contribution in [-0.4, -0.2) is 23.7 Å². The van der Waals surface area contributed by atoms with Gasteiger partial charge in [0.05, 0.1) is 11.6 Å². The molecule has 0 unspecified atom stereocenters. The minimum Gasteiger partial charge on any atom is -0.211 e. The molecule has 0 aromatic carbocycles. The van der Waals surface area contributed by atoms with Crippen molar-refractivity contribution in [2.45, 2.75) is 44.2 Å². The lowest BCUT2D eigenvalue weighted by Crippen LogP contribution is -2.30. The van der Waals surface area contributed by atoms with Gasteiger partial charge in [-0.25, -0.2) is 14.6 Å². The highest BCUT2D eigenvalue weighted by molar-refractivity contribution is 5.35. The van der Waals surface area contributed by atoms with Gasteiger partial charge in [-0.05, 0) is 32.6 Å². The predicted octanol–water partition coefficient (Wildman–Crippen LogP) is 1.36. The van der Waals surface area contributed by atoms with Crippen LogP contribution in [0.15, 0.2) is 9.98 Å². The Bertz CT molecular complexity index is 267. The fourth-order valence-electron chi connectivity index (χ4n) is 1.65. The number of hydrogen-bond acceptors (Lipinski definition) is 4. The van der Waals surface area contributed by atoms with Crippen molar-refractivity contribution in [3.63, 3.8) is 0 Å². The van der Waals surface area contributed by atoms with Crippen LogP contribution in [-0.2, 0) is 9.59 Å². The summed E-state index contributed by atoms with van der Waals surface area (Å²) in [4.78, 5) is 27.5. The average Bonchev–Trinajstić information content (AvgIpc) is 2.10. The van der Waals surface area contributed by atoms with Gasteiger partial charge in [-0.15, -0.1) is 0 Å². The van der Waals surface area contributed by atoms with Gasteiger partial charge in [0.25, 0.3) is 0 Å². The molecule has 4 nitrogen and oxygen atoms in total. The van der Waals surface area contributed by atoms with Crippen molar-refractivity contribution < 1.29 is 9.59 Å². The van der Waals surface area contributed by atoms with Crippen LogP contribution in [0, 0.1) is 0 Å². The topological polar surface area (TPSA) is 58.9 Å². The molecular formula is C9H12N2O2. The number of nitrogens with zero attached hydrogens (tertiary/aromatic N) is 2. The zero-order chi connectivity index (χ0) is 9.73. The summed E-state index contributed by atoms with van der Waals surface area (Å²) >= 11 is 0. The van der Waals surface area contributed by atoms with Gasteiger partial charge in [0.15, 0.2) is 0 Å². The lowest BCUT2D eigenvalue weighted by atomic mass is 9.81. The summed E-state index contributed by atoms with van der Waals surface area (Å²) < 4.78 is 0. The Hall–Kier alpha value is -1.24. The summed E-state index contributed by atoms with van der Waals surface area (Å²) in [5.41, 5.74) is -0.281. The number of rotatable bonds is 2. The summed E-state index contributed by atoms with van der Waals surface area (Å²) in [6.07, 6.45) is 6.34. The van der Waals surface area contributed by atoms with Crippen LogP contribution in [0.3, 0.4) is 0 Å². The second-order valence-corrected chi connectivity index (χ2v) is 3.65. The quantitative estimate of drug-likeness (QED) is 0.476. The van der Waals surface area contributed by atoms with Gasteiger partial charge in [0.1, 0.15) is 0 Å². The minimum atomic E-state index is -0.281. The maximum Gasteiger partial charge on any atom is 0.235 e. The average molecular weight is 180 g/mol. The Morgan fingerprint density at radius 3 is 2.31 bits per heavy atom. The molecule has 1 saturated carbocycles. The molecule has 70 valence electrons. The first kappa shape index (κ1) is 9.85. The summed E-state index contributed by atoms with van der Waals surface area (Å²) in [7, 11) is 0. The van der Waals surface area contributed by atoms with Crippen LogP contribution in [0.25, 0.3) is 0 Å². The van der Waals surface area contributed by atoms with Gasteiger partial charge < -0.3 is 0 Å². The molecule has 0 amide bonds. The van der Waals surface area contributed by atoms with E-state index >= 15 is 0 Å². The Morgan fingerprint density at radius 1 is 1.23 bits per heavy atom. The molecule has 13 heavy (non-hydrogen) atoms. The van der Waals surface area contributed by atoms with Gasteiger partial charge in [-0.1, -0.05) is 0 Å². The number of hydrogen-bond donors (Lipinski definition) is 0. The van der Waals surface area contributed by atoms with E-state index in [0.29, 0.717) is 0 Å². The number of carbonyl (C=O) groups excluding carboxylic acids is 2. The van der Waals surface area contributed by atoms with E-state index in [1.165, 1.54) is 0 Å². The molecule has 0 saturated heterocycles. The van der Waals surface area contributed by atoms with E-state index < -0.39 is 0 Å². The Morgan fingerprint density at radius 2 is 1.85 bits per heavy atom. The third-order valence-electron chi connectivity index (χ3n) is 2.58. The van der Waals surface area contributed by atoms with Crippen molar-refractivity contribution in [1.29, 1.82) is 0 Å². The minimum absolute atomic E-state index is 0.0763. The highest BCUT2D eigenvalue weighted by Gasteiger charge is 2.30. The zero-order valence-electron chi connectivity index (χ0n) is 7.62. The third-order valence-corrected chi connectivity index (χ3v) is 2.58. The van der Waals surface area contributed by atoms with Crippen molar-refractivity contribution in [3.8, 4) is 0 Å². The van der Waals surface area contributed by atoms with Crippen LogP contribution in [0.1, 0.15) is 32.6 Å². The summed E-state index contributed by atoms with van der Waals surface area (Å²) in [5.74, 6) is 0. The molecule has 1 aliphatic carbocycles. The summed E-state index contributed by atoms with van der Waals surface area (Å²) in [6, 6.07) is 0.0763. The highest BCUT2D eigenvalue weighted by Crippen LogP contribution is 2.32. The van der Waals surface area contributed by atoms with E-state index in [2.05, 4.69) is 9.98 Å². The van der Waals surface area contributed by atoms with E-state index in [1.54, 1.807) is 12.2 Å². The van der Waals surface area contributed by atoms with Gasteiger partial charge in [-0.3, -0.25) is 0 Å². The molecule has 1 rings (SSSR count). The molecule has 0 aliphatic heterocycles. The first-order valence-electron chi connectivity index (χ1n) is 4.36. The fourth-order valence-corrected chi connectivity index (χ4v) is 1.65. The largest absolute Gasteiger partial charge is 0.235 e. The van der Waals surface area contributed by atoms with E-state index in [9.17, 15) is 9.59 Å². The Kier molecular flexibility index (Phi) is 3.13. The maximum atomic E-state index is 10.1. The number of aliphatic imine (C=N–C) groups is 2. The molecule has 0 aromatic heterocycles. The molecule has 4 heteroatoms. The molecule has 1 aliphatic rings. The molecule has 1 fully saturated rings. The molecule has 0 spiro atoms. The van der Waals surface area contributed by atoms with Crippen LogP contribution in [0.5, 0.6) is 0 Å².